The maximum atomic E-state index is 14.4. The average Bonchev–Trinajstić information content (AvgIpc) is 3.76. The van der Waals surface area contributed by atoms with Crippen LogP contribution >= 0.6 is 0 Å². The number of pyridine rings is 6. The molecule has 0 radical (unpaired) electrons. The summed E-state index contributed by atoms with van der Waals surface area (Å²) in [6.45, 7) is 8.99. The first-order chi connectivity index (χ1) is 36.3. The smallest absolute Gasteiger partial charge is 0.181 e. The standard InChI is InChI=1S/C18H20N6O.C17H19FN6O.C17H20N6O.4H2/c25-18(6-7-18)14-11-24(10-9-19-14)15-5-1-4-13(21-15)16-12-3-2-8-20-17(12)23-22-16;1-25-10-11-9-24(8-7-19-11)14-5-4-13(18)16(21-14)15-12-3-2-6-20-17(12)23-22-15;1-24-11-12-10-23(9-8-18-12)15-6-2-5-14(20-15)16-13-4-3-7-19-17(13)22-21-16;;;;/h1-5,8,14,19,25H,6-7,9-11H2,(H,20,22,23);2-6,11,19H,7-10H2,1H3,(H,20,22,23);2-7,12,18H,8-11H2,1H3,(H,19,21,22);4*1H/t;11-;12-;;;;/m.11..../s1. The predicted octanol–water partition coefficient (Wildman–Crippen LogP) is 5.34. The van der Waals surface area contributed by atoms with Gasteiger partial charge in [0.2, 0.25) is 0 Å². The number of ether oxygens (including phenoxy) is 2. The average molecular weight is 1010 g/mol. The van der Waals surface area contributed by atoms with Gasteiger partial charge < -0.3 is 45.2 Å². The number of anilines is 3. The number of aromatic amines is 3. The molecule has 22 heteroatoms. The molecule has 21 nitrogen and oxygen atoms in total. The number of fused-ring (bicyclic) bond motifs is 3. The van der Waals surface area contributed by atoms with Gasteiger partial charge >= 0.3 is 0 Å². The second kappa shape index (κ2) is 21.9. The lowest BCUT2D eigenvalue weighted by Gasteiger charge is -2.37. The van der Waals surface area contributed by atoms with Crippen LogP contribution in [0.4, 0.5) is 21.8 Å². The van der Waals surface area contributed by atoms with E-state index in [-0.39, 0.29) is 29.3 Å². The molecule has 0 amide bonds. The Kier molecular flexibility index (Phi) is 14.4. The third kappa shape index (κ3) is 10.6. The molecule has 1 unspecified atom stereocenters. The molecule has 3 atom stereocenters. The molecule has 0 aromatic carbocycles. The van der Waals surface area contributed by atoms with E-state index < -0.39 is 5.60 Å². The van der Waals surface area contributed by atoms with Crippen LogP contribution in [0.2, 0.25) is 0 Å². The minimum Gasteiger partial charge on any atom is -0.388 e. The quantitative estimate of drug-likeness (QED) is 0.0865. The summed E-state index contributed by atoms with van der Waals surface area (Å²) in [5.74, 6) is 2.26. The number of nitrogens with one attached hydrogen (secondary N) is 6. The van der Waals surface area contributed by atoms with Crippen LogP contribution in [0.1, 0.15) is 18.5 Å². The van der Waals surface area contributed by atoms with E-state index in [1.807, 2.05) is 60.7 Å². The van der Waals surface area contributed by atoms with Gasteiger partial charge in [0.1, 0.15) is 23.1 Å². The van der Waals surface area contributed by atoms with Crippen molar-refractivity contribution >= 4 is 50.6 Å². The Morgan fingerprint density at radius 1 is 0.568 bits per heavy atom. The van der Waals surface area contributed by atoms with Crippen molar-refractivity contribution in [2.24, 2.45) is 0 Å². The number of rotatable bonds is 11. The van der Waals surface area contributed by atoms with Crippen molar-refractivity contribution in [2.45, 2.75) is 36.6 Å². The molecular formula is C52H67FN18O3. The molecule has 74 heavy (non-hydrogen) atoms. The first-order valence-corrected chi connectivity index (χ1v) is 25.0. The van der Waals surface area contributed by atoms with Crippen molar-refractivity contribution in [3.05, 3.63) is 109 Å². The lowest BCUT2D eigenvalue weighted by molar-refractivity contribution is 0.0995. The van der Waals surface area contributed by atoms with Crippen LogP contribution in [0.5, 0.6) is 0 Å². The Balaban J connectivity index is 0.000000165. The van der Waals surface area contributed by atoms with Crippen LogP contribution in [-0.4, -0.2) is 176 Å². The summed E-state index contributed by atoms with van der Waals surface area (Å²) in [7, 11) is 3.42. The van der Waals surface area contributed by atoms with E-state index in [0.717, 1.165) is 128 Å². The Morgan fingerprint density at radius 2 is 1.03 bits per heavy atom. The number of aliphatic hydroxyl groups is 1. The van der Waals surface area contributed by atoms with Crippen molar-refractivity contribution in [1.82, 2.24) is 76.4 Å². The van der Waals surface area contributed by atoms with Crippen LogP contribution < -0.4 is 30.7 Å². The van der Waals surface area contributed by atoms with E-state index in [1.165, 1.54) is 6.07 Å². The summed E-state index contributed by atoms with van der Waals surface area (Å²) < 4.78 is 24.9. The predicted molar refractivity (Wildman–Crippen MR) is 290 cm³/mol. The van der Waals surface area contributed by atoms with Crippen LogP contribution in [0, 0.1) is 5.82 Å². The molecule has 1 saturated carbocycles. The number of nitrogens with zero attached hydrogens (tertiary/aromatic N) is 12. The Morgan fingerprint density at radius 3 is 1.53 bits per heavy atom. The van der Waals surface area contributed by atoms with Gasteiger partial charge in [-0.05, 0) is 85.6 Å². The summed E-state index contributed by atoms with van der Waals surface area (Å²) in [6.07, 6.45) is 6.91. The molecule has 0 bridgehead atoms. The molecule has 4 aliphatic rings. The second-order valence-electron chi connectivity index (χ2n) is 18.8. The molecule has 7 N–H and O–H groups in total. The zero-order valence-electron chi connectivity index (χ0n) is 41.2. The molecular weight excluding hydrogens is 944 g/mol. The highest BCUT2D eigenvalue weighted by molar-refractivity contribution is 5.91. The lowest BCUT2D eigenvalue weighted by Crippen LogP contribution is -2.57. The van der Waals surface area contributed by atoms with Crippen molar-refractivity contribution in [3.8, 4) is 34.2 Å². The number of hydrogen-bond donors (Lipinski definition) is 7. The van der Waals surface area contributed by atoms with Gasteiger partial charge in [0, 0.05) is 126 Å². The summed E-state index contributed by atoms with van der Waals surface area (Å²) in [6, 6.07) is 27.4. The molecule has 4 fully saturated rings. The number of methoxy groups -OCH3 is 2. The number of piperazine rings is 3. The van der Waals surface area contributed by atoms with Gasteiger partial charge in [-0.1, -0.05) is 12.1 Å². The van der Waals surface area contributed by atoms with Gasteiger partial charge in [0.25, 0.3) is 0 Å². The molecule has 3 aliphatic heterocycles. The zero-order chi connectivity index (χ0) is 50.4. The van der Waals surface area contributed by atoms with Gasteiger partial charge in [-0.3, -0.25) is 15.3 Å². The Hall–Kier alpha value is -7.60. The van der Waals surface area contributed by atoms with Crippen LogP contribution in [-0.2, 0) is 9.47 Å². The molecule has 1 aliphatic carbocycles. The largest absolute Gasteiger partial charge is 0.388 e. The maximum absolute atomic E-state index is 14.4. The first kappa shape index (κ1) is 48.7. The topological polar surface area (TPSA) is 248 Å². The van der Waals surface area contributed by atoms with E-state index in [4.69, 9.17) is 19.4 Å². The third-order valence-corrected chi connectivity index (χ3v) is 13.8. The minimum absolute atomic E-state index is 0. The summed E-state index contributed by atoms with van der Waals surface area (Å²) in [4.78, 5) is 33.6. The third-order valence-electron chi connectivity index (χ3n) is 13.8. The fourth-order valence-corrected chi connectivity index (χ4v) is 9.87. The second-order valence-corrected chi connectivity index (χ2v) is 18.8. The fraction of sp³-hybridized carbons (Fsp3) is 0.365. The first-order valence-electron chi connectivity index (χ1n) is 25.0. The van der Waals surface area contributed by atoms with Crippen LogP contribution in [0.3, 0.4) is 0 Å². The van der Waals surface area contributed by atoms with Crippen molar-refractivity contribution < 1.29 is 24.7 Å². The highest BCUT2D eigenvalue weighted by atomic mass is 19.1. The van der Waals surface area contributed by atoms with Gasteiger partial charge in [0.15, 0.2) is 22.8 Å². The number of H-pyrrole nitrogens is 3. The summed E-state index contributed by atoms with van der Waals surface area (Å²) in [5, 5.41) is 45.1. The zero-order valence-corrected chi connectivity index (χ0v) is 41.2. The van der Waals surface area contributed by atoms with Gasteiger partial charge in [-0.15, -0.1) is 0 Å². The molecule has 12 heterocycles. The number of halogens is 1. The molecule has 3 saturated heterocycles. The van der Waals surface area contributed by atoms with Crippen LogP contribution in [0.25, 0.3) is 67.3 Å². The fourth-order valence-electron chi connectivity index (χ4n) is 9.87. The lowest BCUT2D eigenvalue weighted by atomic mass is 10.1. The number of hydrogen-bond acceptors (Lipinski definition) is 18. The highest BCUT2D eigenvalue weighted by Gasteiger charge is 2.49. The molecule has 0 spiro atoms. The van der Waals surface area contributed by atoms with E-state index in [2.05, 4.69) is 87.2 Å². The van der Waals surface area contributed by atoms with Crippen molar-refractivity contribution in [3.63, 3.8) is 0 Å². The van der Waals surface area contributed by atoms with Crippen molar-refractivity contribution in [2.75, 3.05) is 101 Å². The normalized spacial score (nSPS) is 19.5. The number of aromatic nitrogens is 12. The van der Waals surface area contributed by atoms with E-state index in [9.17, 15) is 9.50 Å². The SMILES string of the molecule is COC[C@H]1CN(c2ccc(F)c(-c3[nH]nc4ncccc34)n2)CCN1.COC[C@H]1CN(c2cccc(-c3[nH]nc4ncccc34)n2)CCN1.OC1(C2CN(c3cccc(-c4[nH]nc5ncccc45)n3)CCN2)CC1.[HH].[HH].[HH].[HH]. The molecule has 9 aromatic heterocycles. The van der Waals surface area contributed by atoms with Crippen LogP contribution in [0.15, 0.2) is 104 Å². The summed E-state index contributed by atoms with van der Waals surface area (Å²) in [5.41, 5.74) is 5.76. The van der Waals surface area contributed by atoms with Crippen molar-refractivity contribution in [1.29, 1.82) is 0 Å². The van der Waals surface area contributed by atoms with E-state index in [1.54, 1.807) is 44.9 Å². The molecule has 13 rings (SSSR count). The van der Waals surface area contributed by atoms with Gasteiger partial charge in [-0.2, -0.15) is 15.3 Å². The van der Waals surface area contributed by atoms with E-state index >= 15 is 0 Å². The van der Waals surface area contributed by atoms with Gasteiger partial charge in [0.05, 0.1) is 53.3 Å². The minimum atomic E-state index is -0.526. The Labute approximate surface area is 431 Å². The van der Waals surface area contributed by atoms with E-state index in [0.29, 0.717) is 41.9 Å². The maximum Gasteiger partial charge on any atom is 0.181 e. The molecule has 9 aromatic rings. The van der Waals surface area contributed by atoms with Gasteiger partial charge in [-0.25, -0.2) is 34.3 Å². The summed E-state index contributed by atoms with van der Waals surface area (Å²) >= 11 is 0. The monoisotopic (exact) mass is 1010 g/mol. The Bertz CT molecular complexity index is 3350. The molecule has 390 valence electrons. The highest BCUT2D eigenvalue weighted by Crippen LogP contribution is 2.40.